The second kappa shape index (κ2) is 3.68. The van der Waals surface area contributed by atoms with Gasteiger partial charge in [0.15, 0.2) is 0 Å². The van der Waals surface area contributed by atoms with Gasteiger partial charge in [0.25, 0.3) is 0 Å². The zero-order valence-electron chi connectivity index (χ0n) is 7.53. The molecule has 0 atom stereocenters. The number of rotatable bonds is 2. The van der Waals surface area contributed by atoms with Gasteiger partial charge in [-0.15, -0.1) is 0 Å². The number of methoxy groups -OCH3 is 1. The molecule has 2 nitrogen and oxygen atoms in total. The summed E-state index contributed by atoms with van der Waals surface area (Å²) in [5, 5.41) is 0. The largest absolute Gasteiger partial charge is 0.378 e. The third-order valence-electron chi connectivity index (χ3n) is 2.37. The first-order chi connectivity index (χ1) is 6.29. The van der Waals surface area contributed by atoms with Crippen LogP contribution in [0.3, 0.4) is 0 Å². The first-order valence-corrected chi connectivity index (χ1v) is 5.12. The SMILES string of the molecule is COC1CN(c2ccc(Br)cc2)C1. The van der Waals surface area contributed by atoms with Crippen molar-refractivity contribution in [2.24, 2.45) is 0 Å². The van der Waals surface area contributed by atoms with Crippen molar-refractivity contribution in [1.29, 1.82) is 0 Å². The van der Waals surface area contributed by atoms with Gasteiger partial charge in [0.1, 0.15) is 0 Å². The molecule has 0 spiro atoms. The molecule has 1 saturated heterocycles. The smallest absolute Gasteiger partial charge is 0.0920 e. The van der Waals surface area contributed by atoms with E-state index in [0.29, 0.717) is 6.10 Å². The van der Waals surface area contributed by atoms with Gasteiger partial charge >= 0.3 is 0 Å². The summed E-state index contributed by atoms with van der Waals surface area (Å²) in [5.41, 5.74) is 1.27. The van der Waals surface area contributed by atoms with Crippen LogP contribution in [-0.4, -0.2) is 26.3 Å². The fourth-order valence-corrected chi connectivity index (χ4v) is 1.71. The lowest BCUT2D eigenvalue weighted by atomic mass is 10.1. The van der Waals surface area contributed by atoms with Crippen LogP contribution in [0.1, 0.15) is 0 Å². The van der Waals surface area contributed by atoms with Crippen LogP contribution in [-0.2, 0) is 4.74 Å². The number of hydrogen-bond donors (Lipinski definition) is 0. The van der Waals surface area contributed by atoms with Crippen molar-refractivity contribution in [3.8, 4) is 0 Å². The van der Waals surface area contributed by atoms with E-state index in [1.165, 1.54) is 5.69 Å². The van der Waals surface area contributed by atoms with Crippen LogP contribution in [0.15, 0.2) is 28.7 Å². The lowest BCUT2D eigenvalue weighted by Gasteiger charge is -2.39. The molecule has 0 unspecified atom stereocenters. The normalized spacial score (nSPS) is 17.2. The summed E-state index contributed by atoms with van der Waals surface area (Å²) in [5.74, 6) is 0. The Morgan fingerprint density at radius 3 is 2.46 bits per heavy atom. The molecule has 3 heteroatoms. The van der Waals surface area contributed by atoms with Gasteiger partial charge in [0.05, 0.1) is 6.10 Å². The van der Waals surface area contributed by atoms with Gasteiger partial charge in [-0.3, -0.25) is 0 Å². The van der Waals surface area contributed by atoms with E-state index in [4.69, 9.17) is 4.74 Å². The second-order valence-electron chi connectivity index (χ2n) is 3.24. The Kier molecular flexibility index (Phi) is 2.56. The van der Waals surface area contributed by atoms with Crippen LogP contribution in [0.5, 0.6) is 0 Å². The van der Waals surface area contributed by atoms with Crippen molar-refractivity contribution < 1.29 is 4.74 Å². The highest BCUT2D eigenvalue weighted by Crippen LogP contribution is 2.23. The molecule has 0 N–H and O–H groups in total. The molecule has 0 amide bonds. The average molecular weight is 242 g/mol. The molecule has 0 bridgehead atoms. The zero-order chi connectivity index (χ0) is 9.26. The fraction of sp³-hybridized carbons (Fsp3) is 0.400. The molecule has 13 heavy (non-hydrogen) atoms. The number of anilines is 1. The molecule has 0 aromatic heterocycles. The standard InChI is InChI=1S/C10H12BrNO/c1-13-10-6-12(7-10)9-4-2-8(11)3-5-9/h2-5,10H,6-7H2,1H3. The second-order valence-corrected chi connectivity index (χ2v) is 4.15. The minimum Gasteiger partial charge on any atom is -0.378 e. The summed E-state index contributed by atoms with van der Waals surface area (Å²) in [6.07, 6.45) is 0.420. The van der Waals surface area contributed by atoms with Gasteiger partial charge in [0, 0.05) is 30.4 Å². The van der Waals surface area contributed by atoms with Crippen LogP contribution in [0.2, 0.25) is 0 Å². The highest BCUT2D eigenvalue weighted by molar-refractivity contribution is 9.10. The summed E-state index contributed by atoms with van der Waals surface area (Å²) < 4.78 is 6.34. The molecule has 1 aliphatic rings. The molecule has 1 aromatic rings. The summed E-state index contributed by atoms with van der Waals surface area (Å²) in [7, 11) is 1.77. The minimum atomic E-state index is 0.420. The molecular formula is C10H12BrNO. The monoisotopic (exact) mass is 241 g/mol. The zero-order valence-corrected chi connectivity index (χ0v) is 9.12. The van der Waals surface area contributed by atoms with Crippen molar-refractivity contribution in [3.05, 3.63) is 28.7 Å². The van der Waals surface area contributed by atoms with Gasteiger partial charge < -0.3 is 9.64 Å². The van der Waals surface area contributed by atoms with Gasteiger partial charge in [-0.05, 0) is 24.3 Å². The predicted octanol–water partition coefficient (Wildman–Crippen LogP) is 2.28. The van der Waals surface area contributed by atoms with Gasteiger partial charge in [0.2, 0.25) is 0 Å². The van der Waals surface area contributed by atoms with Crippen molar-refractivity contribution in [2.75, 3.05) is 25.1 Å². The van der Waals surface area contributed by atoms with Crippen LogP contribution >= 0.6 is 15.9 Å². The Labute approximate surface area is 86.6 Å². The number of ether oxygens (including phenoxy) is 1. The molecule has 1 aliphatic heterocycles. The molecule has 70 valence electrons. The lowest BCUT2D eigenvalue weighted by Crippen LogP contribution is -2.51. The van der Waals surface area contributed by atoms with Crippen molar-refractivity contribution in [3.63, 3.8) is 0 Å². The van der Waals surface area contributed by atoms with Crippen molar-refractivity contribution in [2.45, 2.75) is 6.10 Å². The van der Waals surface area contributed by atoms with Crippen molar-refractivity contribution >= 4 is 21.6 Å². The van der Waals surface area contributed by atoms with Crippen LogP contribution < -0.4 is 4.90 Å². The first kappa shape index (κ1) is 9.03. The highest BCUT2D eigenvalue weighted by atomic mass is 79.9. The molecule has 0 aliphatic carbocycles. The van der Waals surface area contributed by atoms with E-state index < -0.39 is 0 Å². The number of benzene rings is 1. The minimum absolute atomic E-state index is 0.420. The molecule has 0 radical (unpaired) electrons. The lowest BCUT2D eigenvalue weighted by molar-refractivity contribution is 0.0788. The van der Waals surface area contributed by atoms with Crippen LogP contribution in [0.4, 0.5) is 5.69 Å². The summed E-state index contributed by atoms with van der Waals surface area (Å²) in [6.45, 7) is 2.02. The Balaban J connectivity index is 1.99. The molecular weight excluding hydrogens is 230 g/mol. The van der Waals surface area contributed by atoms with Crippen LogP contribution in [0.25, 0.3) is 0 Å². The third kappa shape index (κ3) is 1.86. The Morgan fingerprint density at radius 2 is 1.92 bits per heavy atom. The van der Waals surface area contributed by atoms with E-state index in [1.807, 2.05) is 0 Å². The first-order valence-electron chi connectivity index (χ1n) is 4.33. The van der Waals surface area contributed by atoms with E-state index in [-0.39, 0.29) is 0 Å². The summed E-state index contributed by atoms with van der Waals surface area (Å²) in [6, 6.07) is 8.37. The maximum Gasteiger partial charge on any atom is 0.0920 e. The van der Waals surface area contributed by atoms with E-state index in [1.54, 1.807) is 7.11 Å². The molecule has 1 fully saturated rings. The van der Waals surface area contributed by atoms with E-state index in [2.05, 4.69) is 45.1 Å². The molecule has 2 rings (SSSR count). The maximum absolute atomic E-state index is 5.21. The molecule has 1 aromatic carbocycles. The van der Waals surface area contributed by atoms with Gasteiger partial charge in [-0.25, -0.2) is 0 Å². The Bertz CT molecular complexity index is 279. The van der Waals surface area contributed by atoms with Crippen molar-refractivity contribution in [1.82, 2.24) is 0 Å². The Morgan fingerprint density at radius 1 is 1.31 bits per heavy atom. The van der Waals surface area contributed by atoms with Crippen LogP contribution in [0, 0.1) is 0 Å². The number of nitrogens with zero attached hydrogens (tertiary/aromatic N) is 1. The van der Waals surface area contributed by atoms with Gasteiger partial charge in [-0.1, -0.05) is 15.9 Å². The average Bonchev–Trinajstić information content (AvgIpc) is 2.06. The number of hydrogen-bond acceptors (Lipinski definition) is 2. The van der Waals surface area contributed by atoms with E-state index in [0.717, 1.165) is 17.6 Å². The van der Waals surface area contributed by atoms with E-state index in [9.17, 15) is 0 Å². The number of halogens is 1. The topological polar surface area (TPSA) is 12.5 Å². The molecule has 0 saturated carbocycles. The predicted molar refractivity (Wildman–Crippen MR) is 57.2 cm³/mol. The van der Waals surface area contributed by atoms with E-state index >= 15 is 0 Å². The quantitative estimate of drug-likeness (QED) is 0.788. The van der Waals surface area contributed by atoms with Gasteiger partial charge in [-0.2, -0.15) is 0 Å². The Hall–Kier alpha value is -0.540. The summed E-state index contributed by atoms with van der Waals surface area (Å²) in [4.78, 5) is 2.31. The summed E-state index contributed by atoms with van der Waals surface area (Å²) >= 11 is 3.42. The molecule has 1 heterocycles. The fourth-order valence-electron chi connectivity index (χ4n) is 1.45. The maximum atomic E-state index is 5.21. The highest BCUT2D eigenvalue weighted by Gasteiger charge is 2.26. The third-order valence-corrected chi connectivity index (χ3v) is 2.90.